The maximum absolute atomic E-state index is 13.5. The minimum atomic E-state index is -0.927. The van der Waals surface area contributed by atoms with Crippen molar-refractivity contribution in [3.63, 3.8) is 0 Å². The molecule has 0 saturated carbocycles. The van der Waals surface area contributed by atoms with E-state index < -0.39 is 30.0 Å². The Bertz CT molecular complexity index is 1080. The molecule has 1 aromatic heterocycles. The molecule has 0 saturated heterocycles. The molecular weight excluding hydrogens is 358 g/mol. The van der Waals surface area contributed by atoms with E-state index in [9.17, 15) is 23.2 Å². The van der Waals surface area contributed by atoms with E-state index in [1.807, 2.05) is 0 Å². The quantitative estimate of drug-likeness (QED) is 0.709. The van der Waals surface area contributed by atoms with Crippen molar-refractivity contribution in [3.05, 3.63) is 70.8 Å². The second kappa shape index (κ2) is 7.73. The molecule has 9 heteroatoms. The normalized spacial score (nSPS) is 10.6. The van der Waals surface area contributed by atoms with Crippen LogP contribution >= 0.6 is 0 Å². The first-order valence-corrected chi connectivity index (χ1v) is 7.90. The lowest BCUT2D eigenvalue weighted by Crippen LogP contribution is -2.37. The number of carbonyl (C=O) groups is 2. The van der Waals surface area contributed by atoms with E-state index in [-0.39, 0.29) is 17.8 Å². The number of rotatable bonds is 5. The van der Waals surface area contributed by atoms with Gasteiger partial charge in [0.1, 0.15) is 18.2 Å². The van der Waals surface area contributed by atoms with Crippen molar-refractivity contribution in [2.24, 2.45) is 0 Å². The number of nitrogens with one attached hydrogen (secondary N) is 2. The van der Waals surface area contributed by atoms with Crippen molar-refractivity contribution in [2.45, 2.75) is 6.54 Å². The number of nitrogens with zero attached hydrogens (tertiary/aromatic N) is 2. The lowest BCUT2D eigenvalue weighted by molar-refractivity contribution is -0.124. The first-order valence-electron chi connectivity index (χ1n) is 7.90. The average molecular weight is 372 g/mol. The zero-order chi connectivity index (χ0) is 19.4. The van der Waals surface area contributed by atoms with Crippen LogP contribution in [0.15, 0.2) is 53.6 Å². The summed E-state index contributed by atoms with van der Waals surface area (Å²) in [5, 5.41) is 4.91. The third-order valence-corrected chi connectivity index (χ3v) is 3.70. The molecule has 3 aromatic rings. The van der Waals surface area contributed by atoms with Gasteiger partial charge in [0, 0.05) is 6.07 Å². The number of amides is 2. The molecule has 2 amide bonds. The molecule has 2 aromatic carbocycles. The Balaban J connectivity index is 1.59. The van der Waals surface area contributed by atoms with Crippen LogP contribution in [0, 0.1) is 11.6 Å². The number of aromatic nitrogens is 2. The van der Waals surface area contributed by atoms with Gasteiger partial charge in [0.15, 0.2) is 0 Å². The third kappa shape index (κ3) is 4.32. The summed E-state index contributed by atoms with van der Waals surface area (Å²) in [4.78, 5) is 40.1. The fourth-order valence-electron chi connectivity index (χ4n) is 2.39. The number of anilines is 1. The van der Waals surface area contributed by atoms with E-state index >= 15 is 0 Å². The summed E-state index contributed by atoms with van der Waals surface area (Å²) < 4.78 is 27.4. The number of carbonyl (C=O) groups excluding carboxylic acids is 2. The van der Waals surface area contributed by atoms with Gasteiger partial charge in [0.05, 0.1) is 29.5 Å². The number of halogens is 2. The molecule has 2 N–H and O–H groups in total. The van der Waals surface area contributed by atoms with Crippen molar-refractivity contribution in [2.75, 3.05) is 11.9 Å². The van der Waals surface area contributed by atoms with Crippen LogP contribution in [0.4, 0.5) is 14.5 Å². The minimum absolute atomic E-state index is 0.203. The Morgan fingerprint density at radius 2 is 1.85 bits per heavy atom. The van der Waals surface area contributed by atoms with Crippen LogP contribution in [0.5, 0.6) is 0 Å². The van der Waals surface area contributed by atoms with Gasteiger partial charge in [-0.3, -0.25) is 19.0 Å². The minimum Gasteiger partial charge on any atom is -0.345 e. The van der Waals surface area contributed by atoms with Gasteiger partial charge in [-0.2, -0.15) is 0 Å². The van der Waals surface area contributed by atoms with Crippen LogP contribution in [-0.4, -0.2) is 27.9 Å². The average Bonchev–Trinajstić information content (AvgIpc) is 2.65. The molecule has 27 heavy (non-hydrogen) atoms. The van der Waals surface area contributed by atoms with Crippen LogP contribution in [0.1, 0.15) is 0 Å². The van der Waals surface area contributed by atoms with E-state index in [2.05, 4.69) is 15.6 Å². The summed E-state index contributed by atoms with van der Waals surface area (Å²) in [5.41, 5.74) is -0.0703. The summed E-state index contributed by atoms with van der Waals surface area (Å²) in [6, 6.07) is 9.42. The first-order chi connectivity index (χ1) is 12.9. The SMILES string of the molecule is O=C(Cn1cnc2ccccc2c1=O)NCC(=O)Nc1ccc(F)cc1F. The van der Waals surface area contributed by atoms with E-state index in [1.165, 1.54) is 6.33 Å². The highest BCUT2D eigenvalue weighted by Crippen LogP contribution is 2.14. The third-order valence-electron chi connectivity index (χ3n) is 3.70. The van der Waals surface area contributed by atoms with Gasteiger partial charge in [0.2, 0.25) is 11.8 Å². The van der Waals surface area contributed by atoms with Gasteiger partial charge >= 0.3 is 0 Å². The molecule has 0 fully saturated rings. The lowest BCUT2D eigenvalue weighted by atomic mass is 10.2. The highest BCUT2D eigenvalue weighted by molar-refractivity contribution is 5.94. The zero-order valence-electron chi connectivity index (χ0n) is 13.9. The van der Waals surface area contributed by atoms with Crippen LogP contribution in [0.25, 0.3) is 10.9 Å². The topological polar surface area (TPSA) is 93.1 Å². The smallest absolute Gasteiger partial charge is 0.261 e. The predicted molar refractivity (Wildman–Crippen MR) is 94.0 cm³/mol. The van der Waals surface area contributed by atoms with Gasteiger partial charge in [-0.05, 0) is 24.3 Å². The molecule has 138 valence electrons. The molecule has 0 aliphatic rings. The molecule has 0 unspecified atom stereocenters. The zero-order valence-corrected chi connectivity index (χ0v) is 13.9. The summed E-state index contributed by atoms with van der Waals surface area (Å²) in [6.07, 6.45) is 1.25. The molecule has 0 bridgehead atoms. The second-order valence-corrected chi connectivity index (χ2v) is 5.64. The predicted octanol–water partition coefficient (Wildman–Crippen LogP) is 1.43. The van der Waals surface area contributed by atoms with Crippen LogP contribution in [0.3, 0.4) is 0 Å². The van der Waals surface area contributed by atoms with Gasteiger partial charge in [0.25, 0.3) is 5.56 Å². The number of hydrogen-bond donors (Lipinski definition) is 2. The molecule has 0 spiro atoms. The van der Waals surface area contributed by atoms with Crippen molar-refractivity contribution in [3.8, 4) is 0 Å². The van der Waals surface area contributed by atoms with Crippen LogP contribution in [-0.2, 0) is 16.1 Å². The summed E-state index contributed by atoms with van der Waals surface area (Å²) in [6.45, 7) is -0.764. The first kappa shape index (κ1) is 18.2. The Kier molecular flexibility index (Phi) is 5.20. The molecule has 1 heterocycles. The standard InChI is InChI=1S/C18H14F2N4O3/c19-11-5-6-15(13(20)7-11)23-16(25)8-21-17(26)9-24-10-22-14-4-2-1-3-12(14)18(24)27/h1-7,10H,8-9H2,(H,21,26)(H,23,25). The van der Waals surface area contributed by atoms with Crippen LogP contribution in [0.2, 0.25) is 0 Å². The van der Waals surface area contributed by atoms with E-state index in [4.69, 9.17) is 0 Å². The van der Waals surface area contributed by atoms with Gasteiger partial charge < -0.3 is 10.6 Å². The fourth-order valence-corrected chi connectivity index (χ4v) is 2.39. The highest BCUT2D eigenvalue weighted by atomic mass is 19.1. The highest BCUT2D eigenvalue weighted by Gasteiger charge is 2.11. The molecule has 0 aliphatic carbocycles. The van der Waals surface area contributed by atoms with Gasteiger partial charge in [-0.25, -0.2) is 13.8 Å². The molecular formula is C18H14F2N4O3. The molecule has 0 aliphatic heterocycles. The van der Waals surface area contributed by atoms with Crippen molar-refractivity contribution < 1.29 is 18.4 Å². The van der Waals surface area contributed by atoms with E-state index in [1.54, 1.807) is 24.3 Å². The Morgan fingerprint density at radius 3 is 2.63 bits per heavy atom. The monoisotopic (exact) mass is 372 g/mol. The molecule has 3 rings (SSSR count). The van der Waals surface area contributed by atoms with Gasteiger partial charge in [-0.1, -0.05) is 12.1 Å². The number of para-hydroxylation sites is 1. The van der Waals surface area contributed by atoms with Crippen molar-refractivity contribution in [1.82, 2.24) is 14.9 Å². The number of fused-ring (bicyclic) bond motifs is 1. The largest absolute Gasteiger partial charge is 0.345 e. The number of hydrogen-bond acceptors (Lipinski definition) is 4. The summed E-state index contributed by atoms with van der Waals surface area (Å²) >= 11 is 0. The fraction of sp³-hybridized carbons (Fsp3) is 0.111. The number of benzene rings is 2. The van der Waals surface area contributed by atoms with E-state index in [0.717, 1.165) is 16.7 Å². The Labute approximate surface area is 151 Å². The maximum Gasteiger partial charge on any atom is 0.261 e. The Morgan fingerprint density at radius 1 is 1.07 bits per heavy atom. The van der Waals surface area contributed by atoms with E-state index in [0.29, 0.717) is 17.0 Å². The molecule has 0 radical (unpaired) electrons. The van der Waals surface area contributed by atoms with Crippen molar-refractivity contribution >= 4 is 28.4 Å². The lowest BCUT2D eigenvalue weighted by Gasteiger charge is -2.09. The second-order valence-electron chi connectivity index (χ2n) is 5.64. The van der Waals surface area contributed by atoms with Crippen LogP contribution < -0.4 is 16.2 Å². The molecule has 0 atom stereocenters. The summed E-state index contributed by atoms with van der Waals surface area (Å²) in [5.74, 6) is -2.99. The maximum atomic E-state index is 13.5. The Hall–Kier alpha value is -3.62. The van der Waals surface area contributed by atoms with Crippen molar-refractivity contribution in [1.29, 1.82) is 0 Å². The summed E-state index contributed by atoms with van der Waals surface area (Å²) in [7, 11) is 0. The molecule has 7 nitrogen and oxygen atoms in total. The van der Waals surface area contributed by atoms with Gasteiger partial charge in [-0.15, -0.1) is 0 Å².